The lowest BCUT2D eigenvalue weighted by Gasteiger charge is -2.00. The minimum absolute atomic E-state index is 0. The van der Waals surface area contributed by atoms with Gasteiger partial charge in [-0.3, -0.25) is 4.98 Å². The number of anilines is 1. The summed E-state index contributed by atoms with van der Waals surface area (Å²) in [5, 5.41) is 4.40. The van der Waals surface area contributed by atoms with E-state index < -0.39 is 0 Å². The molecule has 1 aromatic carbocycles. The summed E-state index contributed by atoms with van der Waals surface area (Å²) < 4.78 is 0. The van der Waals surface area contributed by atoms with Crippen molar-refractivity contribution >= 4 is 41.4 Å². The molecule has 0 unspecified atom stereocenters. The first-order valence-electron chi connectivity index (χ1n) is 6.01. The Morgan fingerprint density at radius 3 is 2.55 bits per heavy atom. The van der Waals surface area contributed by atoms with E-state index in [0.717, 1.165) is 22.6 Å². The van der Waals surface area contributed by atoms with Crippen LogP contribution in [0.2, 0.25) is 0 Å². The molecule has 106 valence electrons. The fourth-order valence-electron chi connectivity index (χ4n) is 2.25. The van der Waals surface area contributed by atoms with Crippen LogP contribution in [0.4, 0.5) is 5.69 Å². The molecule has 0 atom stereocenters. The second-order valence-corrected chi connectivity index (χ2v) is 4.35. The van der Waals surface area contributed by atoms with Crippen molar-refractivity contribution in [1.82, 2.24) is 9.97 Å². The molecule has 0 saturated heterocycles. The monoisotopic (exact) mass is 309 g/mol. The van der Waals surface area contributed by atoms with Crippen molar-refractivity contribution in [3.8, 4) is 11.4 Å². The zero-order valence-electron chi connectivity index (χ0n) is 11.3. The zero-order valence-corrected chi connectivity index (χ0v) is 12.9. The summed E-state index contributed by atoms with van der Waals surface area (Å²) in [7, 11) is 1.93. The Bertz CT molecular complexity index is 693. The smallest absolute Gasteiger partial charge is 0.0867 e. The Balaban J connectivity index is 0.000001000. The standard InChI is InChI=1S/C15H15N3.2ClH/c1-10-12-9-11(16-2)6-7-13(12)18-15(10)14-5-3-4-8-17-14;;/h3-9,16,18H,1-2H3;2*1H. The molecule has 0 aliphatic carbocycles. The van der Waals surface area contributed by atoms with Gasteiger partial charge < -0.3 is 10.3 Å². The molecular formula is C15H17Cl2N3. The summed E-state index contributed by atoms with van der Waals surface area (Å²) in [5.74, 6) is 0. The molecule has 0 saturated carbocycles. The van der Waals surface area contributed by atoms with Crippen molar-refractivity contribution in [2.45, 2.75) is 6.92 Å². The van der Waals surface area contributed by atoms with Gasteiger partial charge in [-0.25, -0.2) is 0 Å². The molecule has 2 heterocycles. The molecule has 0 radical (unpaired) electrons. The van der Waals surface area contributed by atoms with Gasteiger partial charge in [0.15, 0.2) is 0 Å². The van der Waals surface area contributed by atoms with Gasteiger partial charge in [0.25, 0.3) is 0 Å². The maximum absolute atomic E-state index is 4.40. The average molecular weight is 310 g/mol. The topological polar surface area (TPSA) is 40.7 Å². The number of nitrogens with zero attached hydrogens (tertiary/aromatic N) is 1. The Hall–Kier alpha value is -1.71. The van der Waals surface area contributed by atoms with Gasteiger partial charge in [-0.1, -0.05) is 6.07 Å². The van der Waals surface area contributed by atoms with E-state index in [1.807, 2.05) is 31.4 Å². The molecule has 3 rings (SSSR count). The third kappa shape index (κ3) is 2.74. The SMILES string of the molecule is CNc1ccc2[nH]c(-c3ccccn3)c(C)c2c1.Cl.Cl. The number of aromatic amines is 1. The van der Waals surface area contributed by atoms with E-state index >= 15 is 0 Å². The lowest BCUT2D eigenvalue weighted by Crippen LogP contribution is -1.86. The highest BCUT2D eigenvalue weighted by atomic mass is 35.5. The van der Waals surface area contributed by atoms with E-state index in [-0.39, 0.29) is 24.8 Å². The number of benzene rings is 1. The molecule has 0 aliphatic rings. The Labute approximate surface area is 130 Å². The van der Waals surface area contributed by atoms with Crippen molar-refractivity contribution in [2.75, 3.05) is 12.4 Å². The van der Waals surface area contributed by atoms with Crippen LogP contribution in [-0.4, -0.2) is 17.0 Å². The Morgan fingerprint density at radius 2 is 1.90 bits per heavy atom. The highest BCUT2D eigenvalue weighted by Gasteiger charge is 2.10. The fourth-order valence-corrected chi connectivity index (χ4v) is 2.25. The van der Waals surface area contributed by atoms with Crippen LogP contribution in [0, 0.1) is 6.92 Å². The summed E-state index contributed by atoms with van der Waals surface area (Å²) in [6.07, 6.45) is 1.82. The maximum atomic E-state index is 4.40. The normalized spacial score (nSPS) is 9.70. The highest BCUT2D eigenvalue weighted by molar-refractivity contribution is 5.92. The number of fused-ring (bicyclic) bond motifs is 1. The van der Waals surface area contributed by atoms with Gasteiger partial charge in [0.1, 0.15) is 0 Å². The molecule has 5 heteroatoms. The van der Waals surface area contributed by atoms with Crippen LogP contribution in [0.5, 0.6) is 0 Å². The minimum atomic E-state index is 0. The largest absolute Gasteiger partial charge is 0.388 e. The number of halogens is 2. The lowest BCUT2D eigenvalue weighted by molar-refractivity contribution is 1.28. The first-order chi connectivity index (χ1) is 8.79. The van der Waals surface area contributed by atoms with Crippen LogP contribution < -0.4 is 5.32 Å². The first kappa shape index (κ1) is 16.3. The van der Waals surface area contributed by atoms with Crippen LogP contribution in [0.15, 0.2) is 42.6 Å². The fraction of sp³-hybridized carbons (Fsp3) is 0.133. The molecule has 0 aliphatic heterocycles. The van der Waals surface area contributed by atoms with Crippen molar-refractivity contribution in [1.29, 1.82) is 0 Å². The van der Waals surface area contributed by atoms with E-state index in [4.69, 9.17) is 0 Å². The first-order valence-corrected chi connectivity index (χ1v) is 6.01. The molecule has 2 N–H and O–H groups in total. The molecule has 0 amide bonds. The summed E-state index contributed by atoms with van der Waals surface area (Å²) >= 11 is 0. The minimum Gasteiger partial charge on any atom is -0.388 e. The molecule has 3 nitrogen and oxygen atoms in total. The van der Waals surface area contributed by atoms with Crippen LogP contribution in [0.25, 0.3) is 22.3 Å². The maximum Gasteiger partial charge on any atom is 0.0867 e. The molecule has 0 spiro atoms. The zero-order chi connectivity index (χ0) is 12.5. The van der Waals surface area contributed by atoms with E-state index in [9.17, 15) is 0 Å². The van der Waals surface area contributed by atoms with Crippen molar-refractivity contribution in [2.24, 2.45) is 0 Å². The van der Waals surface area contributed by atoms with Crippen LogP contribution in [0.1, 0.15) is 5.56 Å². The van der Waals surface area contributed by atoms with Gasteiger partial charge in [0.2, 0.25) is 0 Å². The number of aromatic nitrogens is 2. The van der Waals surface area contributed by atoms with Gasteiger partial charge in [-0.15, -0.1) is 24.8 Å². The molecule has 0 fully saturated rings. The number of rotatable bonds is 2. The van der Waals surface area contributed by atoms with E-state index in [2.05, 4.69) is 40.4 Å². The second-order valence-electron chi connectivity index (χ2n) is 4.35. The molecular weight excluding hydrogens is 293 g/mol. The number of aryl methyl sites for hydroxylation is 1. The van der Waals surface area contributed by atoms with Gasteiger partial charge in [0.05, 0.1) is 11.4 Å². The molecule has 3 aromatic rings. The summed E-state index contributed by atoms with van der Waals surface area (Å²) in [5.41, 5.74) is 5.58. The molecule has 2 aromatic heterocycles. The van der Waals surface area contributed by atoms with E-state index in [1.54, 1.807) is 0 Å². The number of nitrogens with one attached hydrogen (secondary N) is 2. The molecule has 0 bridgehead atoms. The van der Waals surface area contributed by atoms with E-state index in [1.165, 1.54) is 10.9 Å². The predicted octanol–water partition coefficient (Wildman–Crippen LogP) is 4.42. The third-order valence-electron chi connectivity index (χ3n) is 3.27. The Kier molecular flexibility index (Phi) is 5.43. The summed E-state index contributed by atoms with van der Waals surface area (Å²) in [4.78, 5) is 7.84. The second kappa shape index (κ2) is 6.64. The van der Waals surface area contributed by atoms with Crippen molar-refractivity contribution in [3.05, 3.63) is 48.2 Å². The third-order valence-corrected chi connectivity index (χ3v) is 3.27. The van der Waals surface area contributed by atoms with Crippen molar-refractivity contribution < 1.29 is 0 Å². The average Bonchev–Trinajstić information content (AvgIpc) is 2.77. The van der Waals surface area contributed by atoms with Gasteiger partial charge in [-0.2, -0.15) is 0 Å². The van der Waals surface area contributed by atoms with Crippen LogP contribution in [-0.2, 0) is 0 Å². The van der Waals surface area contributed by atoms with Gasteiger partial charge in [-0.05, 0) is 42.8 Å². The van der Waals surface area contributed by atoms with Crippen LogP contribution in [0.3, 0.4) is 0 Å². The van der Waals surface area contributed by atoms with Gasteiger partial charge >= 0.3 is 0 Å². The molecule has 20 heavy (non-hydrogen) atoms. The highest BCUT2D eigenvalue weighted by Crippen LogP contribution is 2.29. The number of H-pyrrole nitrogens is 1. The number of hydrogen-bond acceptors (Lipinski definition) is 2. The van der Waals surface area contributed by atoms with Gasteiger partial charge in [0, 0.05) is 29.8 Å². The quantitative estimate of drug-likeness (QED) is 0.735. The van der Waals surface area contributed by atoms with E-state index in [0.29, 0.717) is 0 Å². The lowest BCUT2D eigenvalue weighted by atomic mass is 10.1. The summed E-state index contributed by atoms with van der Waals surface area (Å²) in [6, 6.07) is 12.3. The predicted molar refractivity (Wildman–Crippen MR) is 90.3 cm³/mol. The summed E-state index contributed by atoms with van der Waals surface area (Å²) in [6.45, 7) is 2.13. The number of pyridine rings is 1. The number of hydrogen-bond donors (Lipinski definition) is 2. The van der Waals surface area contributed by atoms with Crippen LogP contribution >= 0.6 is 24.8 Å². The van der Waals surface area contributed by atoms with Crippen molar-refractivity contribution in [3.63, 3.8) is 0 Å². The Morgan fingerprint density at radius 1 is 1.10 bits per heavy atom.